The first-order valence-electron chi connectivity index (χ1n) is 6.27. The van der Waals surface area contributed by atoms with Crippen LogP contribution < -0.4 is 10.5 Å². The second kappa shape index (κ2) is 4.90. The largest absolute Gasteiger partial charge is 0.398 e. The molecule has 0 saturated heterocycles. The summed E-state index contributed by atoms with van der Waals surface area (Å²) in [6, 6.07) is 3.49. The normalized spacial score (nSPS) is 15.9. The number of sulfonamides is 1. The Bertz CT molecular complexity index is 548. The summed E-state index contributed by atoms with van der Waals surface area (Å²) >= 11 is 0. The van der Waals surface area contributed by atoms with Crippen LogP contribution in [0, 0.1) is 19.8 Å². The highest BCUT2D eigenvalue weighted by atomic mass is 32.2. The molecule has 0 spiro atoms. The number of benzene rings is 1. The quantitative estimate of drug-likeness (QED) is 0.802. The summed E-state index contributed by atoms with van der Waals surface area (Å²) in [6.07, 6.45) is 3.40. The van der Waals surface area contributed by atoms with Crippen molar-refractivity contribution in [3.63, 3.8) is 0 Å². The fraction of sp³-hybridized carbons (Fsp3) is 0.538. The Morgan fingerprint density at radius 1 is 1.33 bits per heavy atom. The summed E-state index contributed by atoms with van der Waals surface area (Å²) in [7, 11) is -3.44. The Morgan fingerprint density at radius 2 is 2.00 bits per heavy atom. The average molecular weight is 268 g/mol. The molecule has 1 aliphatic rings. The van der Waals surface area contributed by atoms with E-state index in [0.717, 1.165) is 17.9 Å². The van der Waals surface area contributed by atoms with E-state index >= 15 is 0 Å². The van der Waals surface area contributed by atoms with Crippen LogP contribution in [0.2, 0.25) is 0 Å². The maximum atomic E-state index is 12.3. The summed E-state index contributed by atoms with van der Waals surface area (Å²) in [5, 5.41) is 0. The lowest BCUT2D eigenvalue weighted by Crippen LogP contribution is -2.26. The molecule has 0 heterocycles. The first-order chi connectivity index (χ1) is 8.42. The lowest BCUT2D eigenvalue weighted by molar-refractivity contribution is 0.574. The summed E-state index contributed by atoms with van der Waals surface area (Å²) in [5.41, 5.74) is 7.67. The van der Waals surface area contributed by atoms with Gasteiger partial charge in [-0.05, 0) is 43.4 Å². The van der Waals surface area contributed by atoms with Gasteiger partial charge in [-0.2, -0.15) is 0 Å². The first kappa shape index (κ1) is 13.4. The molecule has 5 heteroatoms. The van der Waals surface area contributed by atoms with Crippen LogP contribution in [0.4, 0.5) is 5.69 Å². The minimum absolute atomic E-state index is 0.332. The molecule has 1 aliphatic carbocycles. The minimum atomic E-state index is -3.44. The maximum absolute atomic E-state index is 12.3. The highest BCUT2D eigenvalue weighted by Gasteiger charge is 2.24. The van der Waals surface area contributed by atoms with E-state index in [0.29, 0.717) is 22.7 Å². The smallest absolute Gasteiger partial charge is 0.241 e. The Morgan fingerprint density at radius 3 is 2.61 bits per heavy atom. The molecule has 18 heavy (non-hydrogen) atoms. The van der Waals surface area contributed by atoms with Crippen molar-refractivity contribution in [2.24, 2.45) is 5.92 Å². The van der Waals surface area contributed by atoms with Crippen molar-refractivity contribution in [3.05, 3.63) is 23.3 Å². The van der Waals surface area contributed by atoms with Crippen LogP contribution in [0.5, 0.6) is 0 Å². The second-order valence-electron chi connectivity index (χ2n) is 5.06. The van der Waals surface area contributed by atoms with Crippen LogP contribution in [0.3, 0.4) is 0 Å². The summed E-state index contributed by atoms with van der Waals surface area (Å²) in [4.78, 5) is 0.332. The highest BCUT2D eigenvalue weighted by molar-refractivity contribution is 7.89. The number of rotatable bonds is 5. The zero-order valence-corrected chi connectivity index (χ0v) is 11.7. The van der Waals surface area contributed by atoms with Crippen molar-refractivity contribution in [2.75, 3.05) is 12.3 Å². The number of hydrogen-bond acceptors (Lipinski definition) is 3. The van der Waals surface area contributed by atoms with Crippen molar-refractivity contribution in [1.29, 1.82) is 0 Å². The van der Waals surface area contributed by atoms with E-state index in [1.165, 1.54) is 12.8 Å². The van der Waals surface area contributed by atoms with Crippen molar-refractivity contribution in [2.45, 2.75) is 38.0 Å². The molecule has 3 N–H and O–H groups in total. The molecule has 4 nitrogen and oxygen atoms in total. The third kappa shape index (κ3) is 2.84. The van der Waals surface area contributed by atoms with E-state index in [4.69, 9.17) is 5.73 Å². The molecule has 0 amide bonds. The van der Waals surface area contributed by atoms with Gasteiger partial charge in [-0.3, -0.25) is 0 Å². The Labute approximate surface area is 109 Å². The molecule has 100 valence electrons. The van der Waals surface area contributed by atoms with Gasteiger partial charge < -0.3 is 5.73 Å². The molecule has 1 saturated carbocycles. The van der Waals surface area contributed by atoms with Gasteiger partial charge in [0.2, 0.25) is 10.0 Å². The van der Waals surface area contributed by atoms with Gasteiger partial charge in [0.15, 0.2) is 0 Å². The molecule has 1 aromatic rings. The van der Waals surface area contributed by atoms with Gasteiger partial charge in [0, 0.05) is 12.2 Å². The van der Waals surface area contributed by atoms with E-state index in [1.54, 1.807) is 26.0 Å². The molecule has 0 aliphatic heterocycles. The van der Waals surface area contributed by atoms with E-state index in [2.05, 4.69) is 4.72 Å². The van der Waals surface area contributed by atoms with Crippen LogP contribution in [0.15, 0.2) is 17.0 Å². The van der Waals surface area contributed by atoms with Crippen molar-refractivity contribution in [1.82, 2.24) is 4.72 Å². The van der Waals surface area contributed by atoms with Gasteiger partial charge in [-0.1, -0.05) is 18.9 Å². The molecule has 2 rings (SSSR count). The standard InChI is InChI=1S/C13H20N2O2S/c1-9-3-6-12(14)10(2)13(9)18(16,17)15-8-7-11-4-5-11/h3,6,11,15H,4-5,7-8,14H2,1-2H3. The molecule has 1 fully saturated rings. The van der Waals surface area contributed by atoms with E-state index in [9.17, 15) is 8.42 Å². The van der Waals surface area contributed by atoms with Crippen LogP contribution in [-0.4, -0.2) is 15.0 Å². The Hall–Kier alpha value is -1.07. The van der Waals surface area contributed by atoms with Crippen molar-refractivity contribution < 1.29 is 8.42 Å². The van der Waals surface area contributed by atoms with Crippen molar-refractivity contribution >= 4 is 15.7 Å². The average Bonchev–Trinajstić information content (AvgIpc) is 3.07. The van der Waals surface area contributed by atoms with Crippen LogP contribution >= 0.6 is 0 Å². The van der Waals surface area contributed by atoms with E-state index < -0.39 is 10.0 Å². The molecular formula is C13H20N2O2S. The fourth-order valence-electron chi connectivity index (χ4n) is 2.13. The SMILES string of the molecule is Cc1ccc(N)c(C)c1S(=O)(=O)NCCC1CC1. The molecule has 0 radical (unpaired) electrons. The molecule has 0 unspecified atom stereocenters. The lowest BCUT2D eigenvalue weighted by Gasteiger charge is -2.13. The monoisotopic (exact) mass is 268 g/mol. The molecule has 1 aromatic carbocycles. The summed E-state index contributed by atoms with van der Waals surface area (Å²) < 4.78 is 27.2. The Kier molecular flexibility index (Phi) is 3.64. The third-order valence-corrected chi connectivity index (χ3v) is 5.20. The number of anilines is 1. The number of nitrogen functional groups attached to an aromatic ring is 1. The molecule has 0 aromatic heterocycles. The number of aryl methyl sites for hydroxylation is 1. The van der Waals surface area contributed by atoms with Gasteiger partial charge in [0.1, 0.15) is 0 Å². The molecule has 0 atom stereocenters. The summed E-state index contributed by atoms with van der Waals surface area (Å²) in [5.74, 6) is 0.718. The minimum Gasteiger partial charge on any atom is -0.398 e. The van der Waals surface area contributed by atoms with E-state index in [-0.39, 0.29) is 0 Å². The third-order valence-electron chi connectivity index (χ3n) is 3.45. The van der Waals surface area contributed by atoms with Gasteiger partial charge >= 0.3 is 0 Å². The second-order valence-corrected chi connectivity index (χ2v) is 6.76. The van der Waals surface area contributed by atoms with Gasteiger partial charge in [0.25, 0.3) is 0 Å². The lowest BCUT2D eigenvalue weighted by atomic mass is 10.1. The van der Waals surface area contributed by atoms with Crippen LogP contribution in [-0.2, 0) is 10.0 Å². The highest BCUT2D eigenvalue weighted by Crippen LogP contribution is 2.32. The van der Waals surface area contributed by atoms with Gasteiger partial charge in [-0.15, -0.1) is 0 Å². The number of hydrogen-bond donors (Lipinski definition) is 2. The number of nitrogens with one attached hydrogen (secondary N) is 1. The molecular weight excluding hydrogens is 248 g/mol. The van der Waals surface area contributed by atoms with Gasteiger partial charge in [0.05, 0.1) is 4.90 Å². The van der Waals surface area contributed by atoms with Crippen LogP contribution in [0.25, 0.3) is 0 Å². The topological polar surface area (TPSA) is 72.2 Å². The Balaban J connectivity index is 2.19. The first-order valence-corrected chi connectivity index (χ1v) is 7.75. The van der Waals surface area contributed by atoms with Crippen molar-refractivity contribution in [3.8, 4) is 0 Å². The van der Waals surface area contributed by atoms with E-state index in [1.807, 2.05) is 0 Å². The predicted octanol–water partition coefficient (Wildman–Crippen LogP) is 1.96. The maximum Gasteiger partial charge on any atom is 0.241 e. The zero-order valence-electron chi connectivity index (χ0n) is 10.9. The zero-order chi connectivity index (χ0) is 13.3. The number of nitrogens with two attached hydrogens (primary N) is 1. The molecule has 0 bridgehead atoms. The summed E-state index contributed by atoms with van der Waals surface area (Å²) in [6.45, 7) is 4.06. The fourth-order valence-corrected chi connectivity index (χ4v) is 3.68. The van der Waals surface area contributed by atoms with Gasteiger partial charge in [-0.25, -0.2) is 13.1 Å². The van der Waals surface area contributed by atoms with Crippen LogP contribution in [0.1, 0.15) is 30.4 Å². The predicted molar refractivity (Wildman–Crippen MR) is 72.9 cm³/mol.